The van der Waals surface area contributed by atoms with Gasteiger partial charge in [-0.25, -0.2) is 0 Å². The number of hydrogen-bond acceptors (Lipinski definition) is 2. The summed E-state index contributed by atoms with van der Waals surface area (Å²) < 4.78 is 2.61. The first kappa shape index (κ1) is 12.9. The van der Waals surface area contributed by atoms with Gasteiger partial charge in [0.1, 0.15) is 6.54 Å². The summed E-state index contributed by atoms with van der Waals surface area (Å²) in [7, 11) is 0. The fourth-order valence-corrected chi connectivity index (χ4v) is 2.58. The molecule has 100 valence electrons. The quantitative estimate of drug-likeness (QED) is 0.800. The van der Waals surface area contributed by atoms with Gasteiger partial charge in [-0.2, -0.15) is 5.10 Å². The molecule has 0 aliphatic rings. The van der Waals surface area contributed by atoms with Gasteiger partial charge in [-0.1, -0.05) is 40.2 Å². The molecule has 0 saturated carbocycles. The molecule has 5 heteroatoms. The van der Waals surface area contributed by atoms with Crippen molar-refractivity contribution in [2.24, 2.45) is 0 Å². The predicted octanol–water partition coefficient (Wildman–Crippen LogP) is 3.44. The van der Waals surface area contributed by atoms with Gasteiger partial charge < -0.3 is 5.32 Å². The summed E-state index contributed by atoms with van der Waals surface area (Å²) in [5, 5.41) is 9.04. The summed E-state index contributed by atoms with van der Waals surface area (Å²) in [6, 6.07) is 13.6. The average Bonchev–Trinajstić information content (AvgIpc) is 2.95. The Hall–Kier alpha value is -2.14. The van der Waals surface area contributed by atoms with E-state index in [0.717, 1.165) is 20.9 Å². The monoisotopic (exact) mass is 329 g/mol. The number of halogens is 1. The number of rotatable bonds is 3. The number of hydrogen-bond donors (Lipinski definition) is 1. The number of benzene rings is 2. The van der Waals surface area contributed by atoms with E-state index >= 15 is 0 Å². The Morgan fingerprint density at radius 2 is 1.95 bits per heavy atom. The van der Waals surface area contributed by atoms with Crippen LogP contribution in [-0.2, 0) is 11.3 Å². The van der Waals surface area contributed by atoms with Gasteiger partial charge in [0, 0.05) is 27.9 Å². The van der Waals surface area contributed by atoms with Crippen LogP contribution in [0.1, 0.15) is 0 Å². The Kier molecular flexibility index (Phi) is 3.52. The van der Waals surface area contributed by atoms with Crippen LogP contribution in [-0.4, -0.2) is 15.7 Å². The smallest absolute Gasteiger partial charge is 0.246 e. The minimum atomic E-state index is -0.0961. The molecule has 0 spiro atoms. The van der Waals surface area contributed by atoms with E-state index in [9.17, 15) is 4.79 Å². The van der Waals surface area contributed by atoms with Crippen molar-refractivity contribution in [3.63, 3.8) is 0 Å². The van der Waals surface area contributed by atoms with E-state index in [1.807, 2.05) is 36.4 Å². The number of carbonyl (C=O) groups excluding carboxylic acids is 1. The van der Waals surface area contributed by atoms with Crippen LogP contribution in [0.25, 0.3) is 10.8 Å². The lowest BCUT2D eigenvalue weighted by atomic mass is 10.1. The van der Waals surface area contributed by atoms with Crippen molar-refractivity contribution in [1.82, 2.24) is 9.78 Å². The molecule has 0 aliphatic heterocycles. The van der Waals surface area contributed by atoms with E-state index in [4.69, 9.17) is 0 Å². The second-order valence-electron chi connectivity index (χ2n) is 4.39. The lowest BCUT2D eigenvalue weighted by molar-refractivity contribution is -0.116. The zero-order valence-electron chi connectivity index (χ0n) is 10.6. The Labute approximate surface area is 124 Å². The van der Waals surface area contributed by atoms with Crippen molar-refractivity contribution in [2.75, 3.05) is 5.32 Å². The van der Waals surface area contributed by atoms with E-state index in [1.54, 1.807) is 23.1 Å². The Balaban J connectivity index is 1.87. The lowest BCUT2D eigenvalue weighted by Crippen LogP contribution is -2.19. The predicted molar refractivity (Wildman–Crippen MR) is 82.5 cm³/mol. The maximum absolute atomic E-state index is 12.0. The third-order valence-corrected chi connectivity index (χ3v) is 3.70. The van der Waals surface area contributed by atoms with Gasteiger partial charge in [-0.3, -0.25) is 9.48 Å². The normalized spacial score (nSPS) is 10.7. The molecule has 0 bridgehead atoms. The van der Waals surface area contributed by atoms with Crippen molar-refractivity contribution >= 4 is 38.3 Å². The summed E-state index contributed by atoms with van der Waals surface area (Å²) >= 11 is 3.52. The highest BCUT2D eigenvalue weighted by Gasteiger charge is 2.08. The molecule has 0 saturated heterocycles. The fraction of sp³-hybridized carbons (Fsp3) is 0.0667. The van der Waals surface area contributed by atoms with Gasteiger partial charge in [0.25, 0.3) is 0 Å². The summed E-state index contributed by atoms with van der Waals surface area (Å²) in [6.07, 6.45) is 3.42. The summed E-state index contributed by atoms with van der Waals surface area (Å²) in [6.45, 7) is 0.206. The van der Waals surface area contributed by atoms with Crippen LogP contribution >= 0.6 is 15.9 Å². The van der Waals surface area contributed by atoms with Crippen molar-refractivity contribution in [2.45, 2.75) is 6.54 Å². The molecule has 0 fully saturated rings. The molecule has 3 aromatic rings. The van der Waals surface area contributed by atoms with E-state index in [0.29, 0.717) is 0 Å². The van der Waals surface area contributed by atoms with Gasteiger partial charge in [-0.15, -0.1) is 0 Å². The van der Waals surface area contributed by atoms with Gasteiger partial charge in [0.2, 0.25) is 5.91 Å². The molecule has 0 unspecified atom stereocenters. The lowest BCUT2D eigenvalue weighted by Gasteiger charge is -2.10. The van der Waals surface area contributed by atoms with Crippen LogP contribution in [0.4, 0.5) is 5.69 Å². The van der Waals surface area contributed by atoms with Crippen LogP contribution in [0.15, 0.2) is 59.3 Å². The summed E-state index contributed by atoms with van der Waals surface area (Å²) in [5.74, 6) is -0.0961. The average molecular weight is 330 g/mol. The maximum atomic E-state index is 12.0. The summed E-state index contributed by atoms with van der Waals surface area (Å²) in [4.78, 5) is 12.0. The van der Waals surface area contributed by atoms with E-state index in [1.165, 1.54) is 0 Å². The van der Waals surface area contributed by atoms with Gasteiger partial charge in [0.15, 0.2) is 0 Å². The first-order chi connectivity index (χ1) is 9.74. The number of carbonyl (C=O) groups is 1. The topological polar surface area (TPSA) is 46.9 Å². The minimum absolute atomic E-state index is 0.0961. The molecule has 0 radical (unpaired) electrons. The Bertz CT molecular complexity index is 753. The highest BCUT2D eigenvalue weighted by molar-refractivity contribution is 9.10. The third kappa shape index (κ3) is 2.58. The molecule has 1 aromatic heterocycles. The molecule has 1 amide bonds. The number of amides is 1. The summed E-state index contributed by atoms with van der Waals surface area (Å²) in [5.41, 5.74) is 0.806. The Morgan fingerprint density at radius 3 is 2.70 bits per heavy atom. The molecule has 1 N–H and O–H groups in total. The maximum Gasteiger partial charge on any atom is 0.246 e. The second-order valence-corrected chi connectivity index (χ2v) is 5.25. The molecule has 3 rings (SSSR count). The third-order valence-electron chi connectivity index (χ3n) is 3.01. The van der Waals surface area contributed by atoms with Gasteiger partial charge in [0.05, 0.1) is 0 Å². The van der Waals surface area contributed by atoms with Crippen LogP contribution in [0.2, 0.25) is 0 Å². The van der Waals surface area contributed by atoms with Gasteiger partial charge in [-0.05, 0) is 23.6 Å². The first-order valence-electron chi connectivity index (χ1n) is 6.18. The molecule has 20 heavy (non-hydrogen) atoms. The standard InChI is InChI=1S/C15H12BrN3O/c16-13-6-7-14(12-5-2-1-4-11(12)13)18-15(20)10-19-9-3-8-17-19/h1-9H,10H2,(H,18,20). The van der Waals surface area contributed by atoms with Crippen molar-refractivity contribution < 1.29 is 4.79 Å². The molecule has 0 atom stereocenters. The molecule has 1 heterocycles. The SMILES string of the molecule is O=C(Cn1cccn1)Nc1ccc(Br)c2ccccc12. The largest absolute Gasteiger partial charge is 0.324 e. The molecule has 0 aliphatic carbocycles. The van der Waals surface area contributed by atoms with Crippen LogP contribution < -0.4 is 5.32 Å². The zero-order chi connectivity index (χ0) is 13.9. The number of anilines is 1. The number of nitrogens with one attached hydrogen (secondary N) is 1. The van der Waals surface area contributed by atoms with Crippen LogP contribution in [0.3, 0.4) is 0 Å². The molecule has 2 aromatic carbocycles. The minimum Gasteiger partial charge on any atom is -0.324 e. The van der Waals surface area contributed by atoms with Gasteiger partial charge >= 0.3 is 0 Å². The van der Waals surface area contributed by atoms with Crippen LogP contribution in [0.5, 0.6) is 0 Å². The van der Waals surface area contributed by atoms with Crippen molar-refractivity contribution in [3.8, 4) is 0 Å². The van der Waals surface area contributed by atoms with Crippen LogP contribution in [0, 0.1) is 0 Å². The highest BCUT2D eigenvalue weighted by Crippen LogP contribution is 2.29. The zero-order valence-corrected chi connectivity index (χ0v) is 12.2. The molecular weight excluding hydrogens is 318 g/mol. The number of aromatic nitrogens is 2. The highest BCUT2D eigenvalue weighted by atomic mass is 79.9. The number of fused-ring (bicyclic) bond motifs is 1. The number of nitrogens with zero attached hydrogens (tertiary/aromatic N) is 2. The van der Waals surface area contributed by atoms with E-state index < -0.39 is 0 Å². The van der Waals surface area contributed by atoms with Crippen molar-refractivity contribution in [3.05, 3.63) is 59.3 Å². The van der Waals surface area contributed by atoms with Crippen molar-refractivity contribution in [1.29, 1.82) is 0 Å². The molecular formula is C15H12BrN3O. The fourth-order valence-electron chi connectivity index (χ4n) is 2.10. The first-order valence-corrected chi connectivity index (χ1v) is 6.98. The Morgan fingerprint density at radius 1 is 1.15 bits per heavy atom. The second kappa shape index (κ2) is 5.46. The van der Waals surface area contributed by atoms with E-state index in [2.05, 4.69) is 26.3 Å². The molecule has 4 nitrogen and oxygen atoms in total. The van der Waals surface area contributed by atoms with E-state index in [-0.39, 0.29) is 12.5 Å².